The molecule has 0 unspecified atom stereocenters. The standard InChI is InChI=1S/C29H32ClFN2O2/c1-21(2)19-32-29(35)27(18-22-10-4-3-5-11-22)33(20-24-13-7-9-15-26(24)31)28(34)17-16-23-12-6-8-14-25(23)30/h3-15,21,27H,16-20H2,1-2H3,(H,32,35)/t27-/m1/s1. The topological polar surface area (TPSA) is 49.4 Å². The summed E-state index contributed by atoms with van der Waals surface area (Å²) in [6.45, 7) is 4.52. The molecular formula is C29H32ClFN2O2. The summed E-state index contributed by atoms with van der Waals surface area (Å²) in [4.78, 5) is 28.5. The number of nitrogens with one attached hydrogen (secondary N) is 1. The molecule has 3 aromatic rings. The van der Waals surface area contributed by atoms with E-state index in [0.29, 0.717) is 30.0 Å². The first kappa shape index (κ1) is 26.4. The predicted molar refractivity (Wildman–Crippen MR) is 139 cm³/mol. The number of aryl methyl sites for hydroxylation is 1. The highest BCUT2D eigenvalue weighted by molar-refractivity contribution is 6.31. The first-order valence-corrected chi connectivity index (χ1v) is 12.3. The van der Waals surface area contributed by atoms with Crippen LogP contribution >= 0.6 is 11.6 Å². The van der Waals surface area contributed by atoms with E-state index >= 15 is 0 Å². The molecule has 0 aliphatic rings. The Labute approximate surface area is 212 Å². The van der Waals surface area contributed by atoms with Crippen molar-refractivity contribution < 1.29 is 14.0 Å². The largest absolute Gasteiger partial charge is 0.354 e. The second-order valence-corrected chi connectivity index (χ2v) is 9.46. The normalized spacial score (nSPS) is 11.8. The van der Waals surface area contributed by atoms with E-state index < -0.39 is 11.9 Å². The van der Waals surface area contributed by atoms with Crippen LogP contribution in [0, 0.1) is 11.7 Å². The molecule has 0 aliphatic carbocycles. The average Bonchev–Trinajstić information content (AvgIpc) is 2.85. The van der Waals surface area contributed by atoms with Crippen LogP contribution in [0.15, 0.2) is 78.9 Å². The van der Waals surface area contributed by atoms with Gasteiger partial charge in [-0.15, -0.1) is 0 Å². The van der Waals surface area contributed by atoms with Gasteiger partial charge >= 0.3 is 0 Å². The first-order valence-electron chi connectivity index (χ1n) is 11.9. The van der Waals surface area contributed by atoms with Crippen molar-refractivity contribution in [1.29, 1.82) is 0 Å². The van der Waals surface area contributed by atoms with Crippen LogP contribution in [0.3, 0.4) is 0 Å². The zero-order chi connectivity index (χ0) is 25.2. The van der Waals surface area contributed by atoms with Crippen LogP contribution in [0.25, 0.3) is 0 Å². The molecule has 0 aromatic heterocycles. The number of halogens is 2. The zero-order valence-corrected chi connectivity index (χ0v) is 21.0. The summed E-state index contributed by atoms with van der Waals surface area (Å²) in [5.74, 6) is -0.622. The molecular weight excluding hydrogens is 463 g/mol. The molecule has 184 valence electrons. The summed E-state index contributed by atoms with van der Waals surface area (Å²) < 4.78 is 14.6. The molecule has 3 aromatic carbocycles. The monoisotopic (exact) mass is 494 g/mol. The van der Waals surface area contributed by atoms with Gasteiger partial charge in [0.25, 0.3) is 0 Å². The van der Waals surface area contributed by atoms with Crippen LogP contribution < -0.4 is 5.32 Å². The SMILES string of the molecule is CC(C)CNC(=O)[C@@H](Cc1ccccc1)N(Cc1ccccc1F)C(=O)CCc1ccccc1Cl. The maximum atomic E-state index is 14.6. The minimum atomic E-state index is -0.783. The average molecular weight is 495 g/mol. The van der Waals surface area contributed by atoms with E-state index in [0.717, 1.165) is 11.1 Å². The Balaban J connectivity index is 1.92. The van der Waals surface area contributed by atoms with E-state index in [1.54, 1.807) is 24.3 Å². The quantitative estimate of drug-likeness (QED) is 0.365. The lowest BCUT2D eigenvalue weighted by atomic mass is 10.0. The van der Waals surface area contributed by atoms with Crippen molar-refractivity contribution in [1.82, 2.24) is 10.2 Å². The molecule has 0 bridgehead atoms. The van der Waals surface area contributed by atoms with Crippen LogP contribution in [0.1, 0.15) is 37.0 Å². The lowest BCUT2D eigenvalue weighted by molar-refractivity contribution is -0.141. The molecule has 0 saturated carbocycles. The summed E-state index contributed by atoms with van der Waals surface area (Å²) in [6, 6.07) is 22.5. The van der Waals surface area contributed by atoms with Crippen LogP contribution in [0.2, 0.25) is 5.02 Å². The van der Waals surface area contributed by atoms with Crippen LogP contribution in [0.5, 0.6) is 0 Å². The van der Waals surface area contributed by atoms with E-state index in [1.165, 1.54) is 11.0 Å². The molecule has 0 aliphatic heterocycles. The third-order valence-corrected chi connectivity index (χ3v) is 6.19. The Hall–Kier alpha value is -3.18. The van der Waals surface area contributed by atoms with Gasteiger partial charge in [-0.2, -0.15) is 0 Å². The summed E-state index contributed by atoms with van der Waals surface area (Å²) >= 11 is 6.29. The highest BCUT2D eigenvalue weighted by atomic mass is 35.5. The second kappa shape index (κ2) is 13.1. The maximum absolute atomic E-state index is 14.6. The summed E-state index contributed by atoms with van der Waals surface area (Å²) in [6.07, 6.45) is 0.913. The maximum Gasteiger partial charge on any atom is 0.243 e. The predicted octanol–water partition coefficient (Wildman–Crippen LogP) is 5.82. The minimum Gasteiger partial charge on any atom is -0.354 e. The summed E-state index contributed by atoms with van der Waals surface area (Å²) in [5, 5.41) is 3.57. The Morgan fingerprint density at radius 1 is 0.914 bits per heavy atom. The van der Waals surface area contributed by atoms with Crippen molar-refractivity contribution in [2.24, 2.45) is 5.92 Å². The molecule has 3 rings (SSSR count). The van der Waals surface area contributed by atoms with E-state index in [1.807, 2.05) is 62.4 Å². The highest BCUT2D eigenvalue weighted by Gasteiger charge is 2.30. The molecule has 0 fully saturated rings. The minimum absolute atomic E-state index is 0.000622. The van der Waals surface area contributed by atoms with Crippen LogP contribution in [-0.4, -0.2) is 29.3 Å². The molecule has 4 nitrogen and oxygen atoms in total. The molecule has 0 heterocycles. The Morgan fingerprint density at radius 3 is 2.20 bits per heavy atom. The number of rotatable bonds is 11. The fourth-order valence-electron chi connectivity index (χ4n) is 3.87. The van der Waals surface area contributed by atoms with Gasteiger partial charge in [0.1, 0.15) is 11.9 Å². The van der Waals surface area contributed by atoms with Crippen molar-refractivity contribution in [3.05, 3.63) is 106 Å². The smallest absolute Gasteiger partial charge is 0.243 e. The van der Waals surface area contributed by atoms with Crippen molar-refractivity contribution >= 4 is 23.4 Å². The van der Waals surface area contributed by atoms with Crippen molar-refractivity contribution in [2.75, 3.05) is 6.54 Å². The summed E-state index contributed by atoms with van der Waals surface area (Å²) in [7, 11) is 0. The number of hydrogen-bond donors (Lipinski definition) is 1. The Morgan fingerprint density at radius 2 is 1.54 bits per heavy atom. The van der Waals surface area contributed by atoms with Crippen molar-refractivity contribution in [3.63, 3.8) is 0 Å². The number of nitrogens with zero attached hydrogens (tertiary/aromatic N) is 1. The van der Waals surface area contributed by atoms with E-state index in [9.17, 15) is 14.0 Å². The first-order chi connectivity index (χ1) is 16.8. The zero-order valence-electron chi connectivity index (χ0n) is 20.2. The summed E-state index contributed by atoms with van der Waals surface area (Å²) in [5.41, 5.74) is 2.15. The lowest BCUT2D eigenvalue weighted by Gasteiger charge is -2.32. The van der Waals surface area contributed by atoms with Crippen molar-refractivity contribution in [3.8, 4) is 0 Å². The fourth-order valence-corrected chi connectivity index (χ4v) is 4.10. The third-order valence-electron chi connectivity index (χ3n) is 5.82. The number of hydrogen-bond acceptors (Lipinski definition) is 2. The second-order valence-electron chi connectivity index (χ2n) is 9.05. The van der Waals surface area contributed by atoms with Gasteiger partial charge in [-0.05, 0) is 35.6 Å². The highest BCUT2D eigenvalue weighted by Crippen LogP contribution is 2.21. The molecule has 6 heteroatoms. The number of benzene rings is 3. The molecule has 2 amide bonds. The van der Waals surface area contributed by atoms with Gasteiger partial charge in [-0.25, -0.2) is 4.39 Å². The van der Waals surface area contributed by atoms with E-state index in [4.69, 9.17) is 11.6 Å². The number of amides is 2. The van der Waals surface area contributed by atoms with E-state index in [-0.39, 0.29) is 30.7 Å². The van der Waals surface area contributed by atoms with Crippen LogP contribution in [0.4, 0.5) is 4.39 Å². The molecule has 1 N–H and O–H groups in total. The number of carbonyl (C=O) groups is 2. The van der Waals surface area contributed by atoms with Crippen molar-refractivity contribution in [2.45, 2.75) is 45.7 Å². The van der Waals surface area contributed by atoms with Gasteiger partial charge in [-0.1, -0.05) is 92.2 Å². The fraction of sp³-hybridized carbons (Fsp3) is 0.310. The number of carbonyl (C=O) groups excluding carboxylic acids is 2. The molecule has 0 saturated heterocycles. The van der Waals surface area contributed by atoms with Gasteiger partial charge in [0.15, 0.2) is 0 Å². The lowest BCUT2D eigenvalue weighted by Crippen LogP contribution is -2.51. The molecule has 1 atom stereocenters. The van der Waals surface area contributed by atoms with Crippen LogP contribution in [-0.2, 0) is 29.0 Å². The van der Waals surface area contributed by atoms with Gasteiger partial charge in [0.2, 0.25) is 11.8 Å². The Bertz CT molecular complexity index is 1120. The molecule has 0 spiro atoms. The van der Waals surface area contributed by atoms with Gasteiger partial charge in [-0.3, -0.25) is 9.59 Å². The van der Waals surface area contributed by atoms with Gasteiger partial charge in [0, 0.05) is 36.5 Å². The van der Waals surface area contributed by atoms with E-state index in [2.05, 4.69) is 5.32 Å². The van der Waals surface area contributed by atoms with Gasteiger partial charge < -0.3 is 10.2 Å². The third kappa shape index (κ3) is 7.93. The molecule has 35 heavy (non-hydrogen) atoms. The van der Waals surface area contributed by atoms with Gasteiger partial charge in [0.05, 0.1) is 0 Å². The molecule has 0 radical (unpaired) electrons. The Kier molecular flexibility index (Phi) is 9.86.